The van der Waals surface area contributed by atoms with Gasteiger partial charge in [-0.15, -0.1) is 0 Å². The molecule has 3 atom stereocenters. The van der Waals surface area contributed by atoms with E-state index in [-0.39, 0.29) is 11.8 Å². The molecule has 2 fully saturated rings. The maximum Gasteiger partial charge on any atom is 0.224 e. The number of nitrogens with one attached hydrogen (secondary N) is 1. The van der Waals surface area contributed by atoms with Crippen LogP contribution in [-0.4, -0.2) is 61.7 Å². The number of amides is 1. The van der Waals surface area contributed by atoms with Crippen molar-refractivity contribution in [2.45, 2.75) is 46.5 Å². The van der Waals surface area contributed by atoms with Crippen LogP contribution in [0.5, 0.6) is 5.75 Å². The van der Waals surface area contributed by atoms with Gasteiger partial charge in [0.15, 0.2) is 5.13 Å². The third-order valence-corrected chi connectivity index (χ3v) is 7.70. The van der Waals surface area contributed by atoms with Crippen LogP contribution in [0.2, 0.25) is 0 Å². The molecule has 2 aliphatic rings. The largest absolute Gasteiger partial charge is 0.494 e. The van der Waals surface area contributed by atoms with Gasteiger partial charge in [-0.1, -0.05) is 25.2 Å². The number of piperidine rings is 2. The molecule has 1 amide bonds. The standard InChI is InChI=1S/C25H38N4O2S/c1-4-31-21-8-9-22-23(14-21)32-25(27-22)29-12-5-7-20(17-29)24(30)26-10-6-11-28-15-18(2)13-19(3)16-28/h8-9,14,18-20H,4-7,10-13,15-17H2,1-3H3,(H,26,30)/t18-,19+,20-/m0/s1. The van der Waals surface area contributed by atoms with Crippen molar-refractivity contribution < 1.29 is 9.53 Å². The van der Waals surface area contributed by atoms with Gasteiger partial charge in [-0.2, -0.15) is 0 Å². The summed E-state index contributed by atoms with van der Waals surface area (Å²) in [5, 5.41) is 4.22. The molecule has 0 radical (unpaired) electrons. The summed E-state index contributed by atoms with van der Waals surface area (Å²) in [4.78, 5) is 22.5. The maximum absolute atomic E-state index is 12.8. The summed E-state index contributed by atoms with van der Waals surface area (Å²) in [6, 6.07) is 6.07. The Bertz CT molecular complexity index is 891. The normalized spacial score (nSPS) is 24.6. The number of hydrogen-bond acceptors (Lipinski definition) is 6. The number of thiazole rings is 1. The minimum atomic E-state index is 0.0461. The van der Waals surface area contributed by atoms with E-state index in [0.717, 1.165) is 78.4 Å². The fraction of sp³-hybridized carbons (Fsp3) is 0.680. The molecular weight excluding hydrogens is 420 g/mol. The van der Waals surface area contributed by atoms with Gasteiger partial charge < -0.3 is 19.9 Å². The van der Waals surface area contributed by atoms with Gasteiger partial charge in [-0.05, 0) is 69.2 Å². The van der Waals surface area contributed by atoms with Gasteiger partial charge in [0.2, 0.25) is 5.91 Å². The van der Waals surface area contributed by atoms with E-state index >= 15 is 0 Å². The molecule has 0 bridgehead atoms. The summed E-state index contributed by atoms with van der Waals surface area (Å²) >= 11 is 1.69. The van der Waals surface area contributed by atoms with Crippen molar-refractivity contribution in [2.24, 2.45) is 17.8 Å². The third kappa shape index (κ3) is 5.93. The molecule has 0 spiro atoms. The van der Waals surface area contributed by atoms with Crippen LogP contribution in [0.1, 0.15) is 46.5 Å². The molecule has 2 aromatic rings. The van der Waals surface area contributed by atoms with Crippen LogP contribution in [0.15, 0.2) is 18.2 Å². The number of fused-ring (bicyclic) bond motifs is 1. The lowest BCUT2D eigenvalue weighted by Crippen LogP contribution is -2.44. The van der Waals surface area contributed by atoms with Crippen LogP contribution < -0.4 is 15.0 Å². The van der Waals surface area contributed by atoms with Crippen molar-refractivity contribution in [1.29, 1.82) is 0 Å². The maximum atomic E-state index is 12.8. The van der Waals surface area contributed by atoms with Gasteiger partial charge in [0.1, 0.15) is 5.75 Å². The summed E-state index contributed by atoms with van der Waals surface area (Å²) < 4.78 is 6.76. The van der Waals surface area contributed by atoms with Gasteiger partial charge >= 0.3 is 0 Å². The van der Waals surface area contributed by atoms with E-state index in [2.05, 4.69) is 35.0 Å². The third-order valence-electron chi connectivity index (χ3n) is 6.62. The molecule has 1 aromatic carbocycles. The number of carbonyl (C=O) groups excluding carboxylic acids is 1. The highest BCUT2D eigenvalue weighted by Gasteiger charge is 2.27. The first-order chi connectivity index (χ1) is 15.5. The van der Waals surface area contributed by atoms with Crippen molar-refractivity contribution in [2.75, 3.05) is 50.8 Å². The lowest BCUT2D eigenvalue weighted by atomic mass is 9.92. The van der Waals surface area contributed by atoms with E-state index < -0.39 is 0 Å². The molecule has 2 aliphatic heterocycles. The second kappa shape index (κ2) is 10.8. The fourth-order valence-corrected chi connectivity index (χ4v) is 6.31. The fourth-order valence-electron chi connectivity index (χ4n) is 5.28. The number of aromatic nitrogens is 1. The van der Waals surface area contributed by atoms with Crippen molar-refractivity contribution in [3.63, 3.8) is 0 Å². The number of nitrogens with zero attached hydrogens (tertiary/aromatic N) is 3. The number of hydrogen-bond donors (Lipinski definition) is 1. The number of rotatable bonds is 8. The van der Waals surface area contributed by atoms with Gasteiger partial charge in [0, 0.05) is 32.7 Å². The summed E-state index contributed by atoms with van der Waals surface area (Å²) in [6.45, 7) is 13.3. The minimum Gasteiger partial charge on any atom is -0.494 e. The van der Waals surface area contributed by atoms with Crippen LogP contribution in [-0.2, 0) is 4.79 Å². The van der Waals surface area contributed by atoms with E-state index in [1.54, 1.807) is 11.3 Å². The van der Waals surface area contributed by atoms with Crippen molar-refractivity contribution in [1.82, 2.24) is 15.2 Å². The Labute approximate surface area is 196 Å². The van der Waals surface area contributed by atoms with Crippen LogP contribution in [0, 0.1) is 17.8 Å². The molecule has 176 valence electrons. The molecule has 0 saturated carbocycles. The topological polar surface area (TPSA) is 57.7 Å². The second-order valence-electron chi connectivity index (χ2n) is 9.69. The molecule has 32 heavy (non-hydrogen) atoms. The second-order valence-corrected chi connectivity index (χ2v) is 10.7. The zero-order valence-corrected chi connectivity index (χ0v) is 20.6. The Kier molecular flexibility index (Phi) is 7.89. The summed E-state index contributed by atoms with van der Waals surface area (Å²) in [5.41, 5.74) is 1.00. The smallest absolute Gasteiger partial charge is 0.224 e. The summed E-state index contributed by atoms with van der Waals surface area (Å²) in [5.74, 6) is 2.71. The Balaban J connectivity index is 1.26. The number of ether oxygens (including phenoxy) is 1. The Hall–Kier alpha value is -1.86. The molecule has 1 N–H and O–H groups in total. The highest BCUT2D eigenvalue weighted by molar-refractivity contribution is 7.22. The zero-order chi connectivity index (χ0) is 22.5. The van der Waals surface area contributed by atoms with Crippen molar-refractivity contribution in [3.05, 3.63) is 18.2 Å². The lowest BCUT2D eigenvalue weighted by Gasteiger charge is -2.35. The van der Waals surface area contributed by atoms with E-state index in [4.69, 9.17) is 9.72 Å². The minimum absolute atomic E-state index is 0.0461. The zero-order valence-electron chi connectivity index (χ0n) is 19.8. The Morgan fingerprint density at radius 1 is 1.25 bits per heavy atom. The predicted octanol–water partition coefficient (Wildman–Crippen LogP) is 4.40. The molecule has 1 aromatic heterocycles. The average Bonchev–Trinajstić information content (AvgIpc) is 3.20. The molecule has 3 heterocycles. The average molecular weight is 459 g/mol. The lowest BCUT2D eigenvalue weighted by molar-refractivity contribution is -0.125. The van der Waals surface area contributed by atoms with E-state index in [9.17, 15) is 4.79 Å². The monoisotopic (exact) mass is 458 g/mol. The van der Waals surface area contributed by atoms with Crippen molar-refractivity contribution >= 4 is 32.6 Å². The number of benzene rings is 1. The quantitative estimate of drug-likeness (QED) is 0.595. The van der Waals surface area contributed by atoms with Gasteiger partial charge in [0.05, 0.1) is 22.7 Å². The van der Waals surface area contributed by atoms with E-state index in [1.165, 1.54) is 19.5 Å². The summed E-state index contributed by atoms with van der Waals surface area (Å²) in [7, 11) is 0. The number of likely N-dealkylation sites (tertiary alicyclic amines) is 1. The van der Waals surface area contributed by atoms with Crippen LogP contribution in [0.3, 0.4) is 0 Å². The van der Waals surface area contributed by atoms with Crippen LogP contribution in [0.25, 0.3) is 10.2 Å². The van der Waals surface area contributed by atoms with E-state index in [1.807, 2.05) is 19.1 Å². The molecule has 7 heteroatoms. The van der Waals surface area contributed by atoms with Crippen LogP contribution in [0.4, 0.5) is 5.13 Å². The van der Waals surface area contributed by atoms with Crippen LogP contribution >= 0.6 is 11.3 Å². The first kappa shape index (κ1) is 23.3. The molecular formula is C25H38N4O2S. The number of anilines is 1. The highest BCUT2D eigenvalue weighted by Crippen LogP contribution is 2.33. The summed E-state index contributed by atoms with van der Waals surface area (Å²) in [6.07, 6.45) is 4.36. The molecule has 6 nitrogen and oxygen atoms in total. The van der Waals surface area contributed by atoms with Gasteiger partial charge in [0.25, 0.3) is 0 Å². The first-order valence-electron chi connectivity index (χ1n) is 12.3. The predicted molar refractivity (Wildman–Crippen MR) is 133 cm³/mol. The van der Waals surface area contributed by atoms with Gasteiger partial charge in [-0.25, -0.2) is 4.98 Å². The molecule has 2 saturated heterocycles. The Morgan fingerprint density at radius 3 is 2.84 bits per heavy atom. The first-order valence-corrected chi connectivity index (χ1v) is 13.1. The van der Waals surface area contributed by atoms with Gasteiger partial charge in [-0.3, -0.25) is 4.79 Å². The highest BCUT2D eigenvalue weighted by atomic mass is 32.1. The number of carbonyl (C=O) groups is 1. The molecule has 0 unspecified atom stereocenters. The Morgan fingerprint density at radius 2 is 2.06 bits per heavy atom. The SMILES string of the molecule is CCOc1ccc2nc(N3CCC[C@H](C(=O)NCCCN4C[C@H](C)C[C@H](C)C4)C3)sc2c1. The van der Waals surface area contributed by atoms with Crippen molar-refractivity contribution in [3.8, 4) is 5.75 Å². The molecule has 4 rings (SSSR count). The van der Waals surface area contributed by atoms with E-state index in [0.29, 0.717) is 6.61 Å². The molecule has 0 aliphatic carbocycles.